The van der Waals surface area contributed by atoms with E-state index in [1.807, 2.05) is 48.5 Å². The first-order valence-electron chi connectivity index (χ1n) is 11.9. The first kappa shape index (κ1) is 22.2. The van der Waals surface area contributed by atoms with Crippen molar-refractivity contribution in [3.63, 3.8) is 0 Å². The lowest BCUT2D eigenvalue weighted by atomic mass is 9.97. The van der Waals surface area contributed by atoms with Crippen molar-refractivity contribution in [2.75, 3.05) is 61.4 Å². The zero-order valence-corrected chi connectivity index (χ0v) is 19.5. The standard InChI is InChI=1S/C25H30N8O/c1-31-12-14-32(15-13-31)24-16-22(26-18-27-24)28-25(34)20-8-5-11-33(17-20)23-10-9-21(29-30-23)19-6-3-2-4-7-19/h2-4,6-7,9-10,16,18,20H,5,8,11-15,17H2,1H3,(H,26,27,28,34). The fourth-order valence-electron chi connectivity index (χ4n) is 4.51. The minimum Gasteiger partial charge on any atom is -0.354 e. The SMILES string of the molecule is CN1CCN(c2cc(NC(=O)C3CCCN(c4ccc(-c5ccccc5)nn4)C3)ncn2)CC1. The number of piperidine rings is 1. The first-order valence-corrected chi connectivity index (χ1v) is 11.9. The zero-order chi connectivity index (χ0) is 23.3. The third-order valence-corrected chi connectivity index (χ3v) is 6.57. The highest BCUT2D eigenvalue weighted by Crippen LogP contribution is 2.24. The number of rotatable bonds is 5. The summed E-state index contributed by atoms with van der Waals surface area (Å²) in [6, 6.07) is 15.9. The van der Waals surface area contributed by atoms with Gasteiger partial charge in [0.05, 0.1) is 11.6 Å². The Morgan fingerprint density at radius 3 is 2.50 bits per heavy atom. The Hall–Kier alpha value is -3.59. The van der Waals surface area contributed by atoms with Gasteiger partial charge >= 0.3 is 0 Å². The number of hydrogen-bond acceptors (Lipinski definition) is 8. The monoisotopic (exact) mass is 458 g/mol. The average Bonchev–Trinajstić information content (AvgIpc) is 2.90. The van der Waals surface area contributed by atoms with Gasteiger partial charge in [-0.15, -0.1) is 10.2 Å². The predicted octanol–water partition coefficient (Wildman–Crippen LogP) is 2.54. The van der Waals surface area contributed by atoms with Crippen molar-refractivity contribution in [2.24, 2.45) is 5.92 Å². The molecule has 9 heteroatoms. The van der Waals surface area contributed by atoms with Gasteiger partial charge in [-0.25, -0.2) is 9.97 Å². The molecule has 2 aliphatic rings. The van der Waals surface area contributed by atoms with Gasteiger partial charge in [0, 0.05) is 50.9 Å². The van der Waals surface area contributed by atoms with Gasteiger partial charge in [0.2, 0.25) is 5.91 Å². The summed E-state index contributed by atoms with van der Waals surface area (Å²) in [5.41, 5.74) is 1.88. The second kappa shape index (κ2) is 10.1. The molecule has 1 N–H and O–H groups in total. The maximum atomic E-state index is 13.1. The van der Waals surface area contributed by atoms with Crippen LogP contribution in [-0.2, 0) is 4.79 Å². The molecule has 3 aromatic rings. The van der Waals surface area contributed by atoms with Crippen molar-refractivity contribution < 1.29 is 4.79 Å². The van der Waals surface area contributed by atoms with E-state index in [-0.39, 0.29) is 11.8 Å². The van der Waals surface area contributed by atoms with Gasteiger partial charge in [0.1, 0.15) is 18.0 Å². The molecule has 176 valence electrons. The molecule has 1 aromatic carbocycles. The highest BCUT2D eigenvalue weighted by Gasteiger charge is 2.27. The highest BCUT2D eigenvalue weighted by atomic mass is 16.2. The molecule has 2 fully saturated rings. The summed E-state index contributed by atoms with van der Waals surface area (Å²) in [5.74, 6) is 2.07. The summed E-state index contributed by atoms with van der Waals surface area (Å²) in [4.78, 5) is 28.4. The molecule has 0 bridgehead atoms. The van der Waals surface area contributed by atoms with Gasteiger partial charge in [-0.2, -0.15) is 0 Å². The molecule has 1 unspecified atom stereocenters. The molecule has 5 rings (SSSR count). The van der Waals surface area contributed by atoms with E-state index in [0.717, 1.165) is 68.5 Å². The molecule has 4 heterocycles. The van der Waals surface area contributed by atoms with Gasteiger partial charge in [0.25, 0.3) is 0 Å². The maximum Gasteiger partial charge on any atom is 0.230 e. The molecule has 9 nitrogen and oxygen atoms in total. The summed E-state index contributed by atoms with van der Waals surface area (Å²) in [7, 11) is 2.12. The van der Waals surface area contributed by atoms with Crippen molar-refractivity contribution in [1.29, 1.82) is 0 Å². The van der Waals surface area contributed by atoms with Crippen LogP contribution in [0.4, 0.5) is 17.5 Å². The Labute approximate surface area is 199 Å². The Balaban J connectivity index is 1.21. The van der Waals surface area contributed by atoms with Crippen LogP contribution in [0.3, 0.4) is 0 Å². The van der Waals surface area contributed by atoms with E-state index in [0.29, 0.717) is 12.4 Å². The Morgan fingerprint density at radius 2 is 1.74 bits per heavy atom. The molecule has 2 saturated heterocycles. The van der Waals surface area contributed by atoms with Crippen LogP contribution in [0.1, 0.15) is 12.8 Å². The number of likely N-dealkylation sites (N-methyl/N-ethyl adjacent to an activating group) is 1. The number of nitrogens with one attached hydrogen (secondary N) is 1. The molecule has 1 amide bonds. The number of nitrogens with zero attached hydrogens (tertiary/aromatic N) is 7. The third-order valence-electron chi connectivity index (χ3n) is 6.57. The van der Waals surface area contributed by atoms with Crippen LogP contribution in [0, 0.1) is 5.92 Å². The molecule has 1 atom stereocenters. The van der Waals surface area contributed by atoms with Crippen molar-refractivity contribution in [3.8, 4) is 11.3 Å². The van der Waals surface area contributed by atoms with E-state index in [1.54, 1.807) is 0 Å². The molecular weight excluding hydrogens is 428 g/mol. The molecule has 0 aliphatic carbocycles. The number of anilines is 3. The Morgan fingerprint density at radius 1 is 0.912 bits per heavy atom. The third kappa shape index (κ3) is 5.14. The summed E-state index contributed by atoms with van der Waals surface area (Å²) in [6.45, 7) is 5.31. The number of carbonyl (C=O) groups is 1. The molecule has 2 aromatic heterocycles. The summed E-state index contributed by atoms with van der Waals surface area (Å²) >= 11 is 0. The number of amides is 1. The maximum absolute atomic E-state index is 13.1. The number of carbonyl (C=O) groups excluding carboxylic acids is 1. The van der Waals surface area contributed by atoms with Crippen LogP contribution in [0.2, 0.25) is 0 Å². The number of piperazine rings is 1. The fourth-order valence-corrected chi connectivity index (χ4v) is 4.51. The second-order valence-corrected chi connectivity index (χ2v) is 8.97. The smallest absolute Gasteiger partial charge is 0.230 e. The summed E-state index contributed by atoms with van der Waals surface area (Å²) in [5, 5.41) is 11.9. The van der Waals surface area contributed by atoms with Crippen LogP contribution in [0.15, 0.2) is 54.9 Å². The Kier molecular flexibility index (Phi) is 6.62. The second-order valence-electron chi connectivity index (χ2n) is 8.97. The molecule has 2 aliphatic heterocycles. The largest absolute Gasteiger partial charge is 0.354 e. The van der Waals surface area contributed by atoms with Gasteiger partial charge < -0.3 is 20.0 Å². The van der Waals surface area contributed by atoms with E-state index < -0.39 is 0 Å². The van der Waals surface area contributed by atoms with Crippen LogP contribution in [-0.4, -0.2) is 77.3 Å². The van der Waals surface area contributed by atoms with E-state index in [1.165, 1.54) is 6.33 Å². The highest BCUT2D eigenvalue weighted by molar-refractivity contribution is 5.92. The van der Waals surface area contributed by atoms with Crippen LogP contribution in [0.5, 0.6) is 0 Å². The lowest BCUT2D eigenvalue weighted by Crippen LogP contribution is -2.44. The van der Waals surface area contributed by atoms with Gasteiger partial charge in [-0.3, -0.25) is 4.79 Å². The minimum atomic E-state index is -0.133. The van der Waals surface area contributed by atoms with E-state index in [9.17, 15) is 4.79 Å². The normalized spacial score (nSPS) is 19.1. The van der Waals surface area contributed by atoms with Crippen LogP contribution >= 0.6 is 0 Å². The first-order chi connectivity index (χ1) is 16.7. The van der Waals surface area contributed by atoms with E-state index in [2.05, 4.69) is 47.2 Å². The van der Waals surface area contributed by atoms with Gasteiger partial charge in [0.15, 0.2) is 5.82 Å². The van der Waals surface area contributed by atoms with Crippen molar-refractivity contribution in [3.05, 3.63) is 54.9 Å². The van der Waals surface area contributed by atoms with Gasteiger partial charge in [-0.05, 0) is 32.0 Å². The molecule has 0 spiro atoms. The quantitative estimate of drug-likeness (QED) is 0.624. The predicted molar refractivity (Wildman–Crippen MR) is 133 cm³/mol. The fraction of sp³-hybridized carbons (Fsp3) is 0.400. The molecule has 0 saturated carbocycles. The van der Waals surface area contributed by atoms with Crippen LogP contribution < -0.4 is 15.1 Å². The van der Waals surface area contributed by atoms with E-state index >= 15 is 0 Å². The average molecular weight is 459 g/mol. The summed E-state index contributed by atoms with van der Waals surface area (Å²) < 4.78 is 0. The molecule has 0 radical (unpaired) electrons. The van der Waals surface area contributed by atoms with E-state index in [4.69, 9.17) is 0 Å². The number of benzene rings is 1. The topological polar surface area (TPSA) is 90.4 Å². The summed E-state index contributed by atoms with van der Waals surface area (Å²) in [6.07, 6.45) is 3.30. The molecular formula is C25H30N8O. The number of hydrogen-bond donors (Lipinski definition) is 1. The molecule has 34 heavy (non-hydrogen) atoms. The van der Waals surface area contributed by atoms with Crippen molar-refractivity contribution in [1.82, 2.24) is 25.1 Å². The lowest BCUT2D eigenvalue weighted by molar-refractivity contribution is -0.120. The van der Waals surface area contributed by atoms with Crippen molar-refractivity contribution >= 4 is 23.4 Å². The Bertz CT molecular complexity index is 1100. The lowest BCUT2D eigenvalue weighted by Gasteiger charge is -2.33. The zero-order valence-electron chi connectivity index (χ0n) is 19.5. The van der Waals surface area contributed by atoms with Gasteiger partial charge in [-0.1, -0.05) is 30.3 Å². The van der Waals surface area contributed by atoms with Crippen molar-refractivity contribution in [2.45, 2.75) is 12.8 Å². The minimum absolute atomic E-state index is 0.0124. The number of aromatic nitrogens is 4. The van der Waals surface area contributed by atoms with Crippen LogP contribution in [0.25, 0.3) is 11.3 Å².